The van der Waals surface area contributed by atoms with Gasteiger partial charge in [0, 0.05) is 0 Å². The summed E-state index contributed by atoms with van der Waals surface area (Å²) in [5, 5.41) is 7.24. The van der Waals surface area contributed by atoms with Crippen LogP contribution in [0, 0.1) is 0 Å². The molecule has 1 unspecified atom stereocenters. The lowest BCUT2D eigenvalue weighted by molar-refractivity contribution is -0.121. The van der Waals surface area contributed by atoms with Crippen LogP contribution in [0.1, 0.15) is 0 Å². The van der Waals surface area contributed by atoms with Gasteiger partial charge in [-0.25, -0.2) is 0 Å². The maximum Gasteiger partial charge on any atom is 0.273 e. The number of ether oxygens (including phenoxy) is 6. The molecule has 0 aromatic carbocycles. The highest BCUT2D eigenvalue weighted by atomic mass is 16.7. The predicted molar refractivity (Wildman–Crippen MR) is 118 cm³/mol. The molecule has 33 heavy (non-hydrogen) atoms. The van der Waals surface area contributed by atoms with E-state index in [1.807, 2.05) is 0 Å². The lowest BCUT2D eigenvalue weighted by Gasteiger charge is -2.21. The lowest BCUT2D eigenvalue weighted by Crippen LogP contribution is -2.30. The number of amides is 3. The molecule has 0 aliphatic rings. The molecule has 184 valence electrons. The van der Waals surface area contributed by atoms with Crippen LogP contribution < -0.4 is 16.0 Å². The molecule has 0 aromatic heterocycles. The Morgan fingerprint density at radius 2 is 1.15 bits per heavy atom. The summed E-state index contributed by atoms with van der Waals surface area (Å²) in [5.74, 6) is -1.35. The second kappa shape index (κ2) is 19.0. The van der Waals surface area contributed by atoms with Crippen LogP contribution >= 0.6 is 0 Å². The number of rotatable bonds is 21. The first kappa shape index (κ1) is 29.2. The second-order valence-electron chi connectivity index (χ2n) is 5.74. The number of hydrogen-bond donors (Lipinski definition) is 3. The second-order valence-corrected chi connectivity index (χ2v) is 5.74. The Kier molecular flexibility index (Phi) is 16.8. The Balaban J connectivity index is 4.41. The van der Waals surface area contributed by atoms with E-state index < -0.39 is 17.9 Å². The Bertz CT molecular complexity index is 694. The van der Waals surface area contributed by atoms with Gasteiger partial charge < -0.3 is 44.4 Å². The molecular weight excluding hydrogens is 438 g/mol. The van der Waals surface area contributed by atoms with Crippen LogP contribution in [0.5, 0.6) is 0 Å². The summed E-state index contributed by atoms with van der Waals surface area (Å²) >= 11 is 0. The van der Waals surface area contributed by atoms with Crippen molar-refractivity contribution >= 4 is 17.7 Å². The van der Waals surface area contributed by atoms with E-state index in [1.165, 1.54) is 0 Å². The van der Waals surface area contributed by atoms with Crippen LogP contribution in [0.3, 0.4) is 0 Å². The van der Waals surface area contributed by atoms with Crippen molar-refractivity contribution in [3.05, 3.63) is 63.0 Å². The summed E-state index contributed by atoms with van der Waals surface area (Å²) in [7, 11) is 0. The summed E-state index contributed by atoms with van der Waals surface area (Å²) in [6.07, 6.45) is 2.61. The van der Waals surface area contributed by atoms with Crippen molar-refractivity contribution in [1.82, 2.24) is 16.0 Å². The van der Waals surface area contributed by atoms with Gasteiger partial charge in [-0.15, -0.1) is 0 Å². The molecule has 0 aromatic rings. The zero-order valence-electron chi connectivity index (χ0n) is 18.5. The van der Waals surface area contributed by atoms with Gasteiger partial charge in [0.2, 0.25) is 17.7 Å². The lowest BCUT2D eigenvalue weighted by atomic mass is 10.4. The summed E-state index contributed by atoms with van der Waals surface area (Å²) < 4.78 is 31.8. The average Bonchev–Trinajstić information content (AvgIpc) is 2.80. The van der Waals surface area contributed by atoms with Gasteiger partial charge in [-0.05, 0) is 31.4 Å². The molecule has 1 atom stereocenters. The highest BCUT2D eigenvalue weighted by molar-refractivity contribution is 5.87. The topological polar surface area (TPSA) is 143 Å². The molecule has 0 spiro atoms. The normalized spacial score (nSPS) is 10.5. The van der Waals surface area contributed by atoms with Gasteiger partial charge in [0.05, 0.1) is 19.8 Å². The van der Waals surface area contributed by atoms with Crippen molar-refractivity contribution in [3.8, 4) is 0 Å². The summed E-state index contributed by atoms with van der Waals surface area (Å²) in [6.45, 7) is 17.2. The summed E-state index contributed by atoms with van der Waals surface area (Å²) in [4.78, 5) is 33.2. The van der Waals surface area contributed by atoms with E-state index in [-0.39, 0.29) is 64.4 Å². The Morgan fingerprint density at radius 3 is 1.70 bits per heavy atom. The average molecular weight is 469 g/mol. The van der Waals surface area contributed by atoms with Crippen molar-refractivity contribution < 1.29 is 42.8 Å². The molecule has 0 aliphatic carbocycles. The zero-order chi connectivity index (χ0) is 24.9. The van der Waals surface area contributed by atoms with E-state index in [0.717, 1.165) is 18.2 Å². The molecule has 0 saturated heterocycles. The molecule has 3 amide bonds. The van der Waals surface area contributed by atoms with Crippen LogP contribution in [0.4, 0.5) is 0 Å². The molecule has 0 fully saturated rings. The van der Waals surface area contributed by atoms with Gasteiger partial charge >= 0.3 is 0 Å². The number of hydrogen-bond acceptors (Lipinski definition) is 9. The smallest absolute Gasteiger partial charge is 0.273 e. The van der Waals surface area contributed by atoms with Crippen LogP contribution in [-0.4, -0.2) is 70.4 Å². The maximum absolute atomic E-state index is 11.1. The quantitative estimate of drug-likeness (QED) is 0.0928. The third-order valence-electron chi connectivity index (χ3n) is 3.27. The zero-order valence-corrected chi connectivity index (χ0v) is 18.5. The first-order valence-electron chi connectivity index (χ1n) is 9.61. The fourth-order valence-electron chi connectivity index (χ4n) is 1.68. The maximum atomic E-state index is 11.1. The first-order chi connectivity index (χ1) is 15.8. The highest BCUT2D eigenvalue weighted by Crippen LogP contribution is 2.07. The molecule has 0 heterocycles. The van der Waals surface area contributed by atoms with E-state index in [0.29, 0.717) is 0 Å². The van der Waals surface area contributed by atoms with Gasteiger partial charge in [0.15, 0.2) is 19.6 Å². The molecule has 0 rings (SSSR count). The monoisotopic (exact) mass is 469 g/mol. The van der Waals surface area contributed by atoms with Crippen molar-refractivity contribution in [2.75, 3.05) is 46.6 Å². The number of nitrogens with one attached hydrogen (secondary N) is 3. The van der Waals surface area contributed by atoms with Crippen molar-refractivity contribution in [2.24, 2.45) is 0 Å². The van der Waals surface area contributed by atoms with Crippen molar-refractivity contribution in [3.63, 3.8) is 0 Å². The molecule has 12 heteroatoms. The van der Waals surface area contributed by atoms with E-state index >= 15 is 0 Å². The van der Waals surface area contributed by atoms with Crippen LogP contribution in [0.15, 0.2) is 63.0 Å². The van der Waals surface area contributed by atoms with Gasteiger partial charge in [-0.2, -0.15) is 0 Å². The molecule has 0 radical (unpaired) electrons. The molecule has 0 aliphatic heterocycles. The molecule has 12 nitrogen and oxygen atoms in total. The fraction of sp³-hybridized carbons (Fsp3) is 0.381. The Labute approximate surface area is 192 Å². The third-order valence-corrected chi connectivity index (χ3v) is 3.27. The minimum atomic E-state index is -0.698. The molecular formula is C21H31N3O9. The van der Waals surface area contributed by atoms with E-state index in [1.54, 1.807) is 0 Å². The van der Waals surface area contributed by atoms with Gasteiger partial charge in [0.1, 0.15) is 13.3 Å². The SMILES string of the molecule is C=CC(=O)NCOCCOCC(COC(=C)OCNC(=O)C=C)OC(=C)OCNC(=O)C=C. The van der Waals surface area contributed by atoms with Crippen LogP contribution in [-0.2, 0) is 42.8 Å². The fourth-order valence-corrected chi connectivity index (χ4v) is 1.68. The molecule has 3 N–H and O–H groups in total. The van der Waals surface area contributed by atoms with Crippen LogP contribution in [0.2, 0.25) is 0 Å². The summed E-state index contributed by atoms with van der Waals surface area (Å²) in [5.41, 5.74) is 0. The number of carbonyl (C=O) groups excluding carboxylic acids is 3. The largest absolute Gasteiger partial charge is 0.462 e. The van der Waals surface area contributed by atoms with E-state index in [4.69, 9.17) is 28.4 Å². The minimum absolute atomic E-state index is 0.0118. The molecule has 0 bridgehead atoms. The minimum Gasteiger partial charge on any atom is -0.462 e. The van der Waals surface area contributed by atoms with Crippen molar-refractivity contribution in [2.45, 2.75) is 6.10 Å². The van der Waals surface area contributed by atoms with Crippen LogP contribution in [0.25, 0.3) is 0 Å². The number of carbonyl (C=O) groups is 3. The van der Waals surface area contributed by atoms with Gasteiger partial charge in [-0.3, -0.25) is 14.4 Å². The summed E-state index contributed by atoms with van der Waals surface area (Å²) in [6, 6.07) is 0. The standard InChI is InChI=1S/C21H31N3O9/c1-6-19(25)22-13-29-10-9-28-11-18(33-17(5)32-15-24-21(27)8-3)12-30-16(4)31-14-23-20(26)7-2/h6-8,18H,1-5,9-15H2,(H,22,25)(H,23,26)(H,24,27). The van der Waals surface area contributed by atoms with Crippen molar-refractivity contribution in [1.29, 1.82) is 0 Å². The highest BCUT2D eigenvalue weighted by Gasteiger charge is 2.15. The van der Waals surface area contributed by atoms with Gasteiger partial charge in [0.25, 0.3) is 11.9 Å². The molecule has 0 saturated carbocycles. The third kappa shape index (κ3) is 17.6. The van der Waals surface area contributed by atoms with Gasteiger partial charge in [-0.1, -0.05) is 19.7 Å². The Morgan fingerprint density at radius 1 is 0.667 bits per heavy atom. The van der Waals surface area contributed by atoms with E-state index in [2.05, 4.69) is 48.8 Å². The van der Waals surface area contributed by atoms with E-state index in [9.17, 15) is 14.4 Å². The predicted octanol–water partition coefficient (Wildman–Crippen LogP) is 0.176. The Hall–Kier alpha value is -3.77. The first-order valence-corrected chi connectivity index (χ1v) is 9.61.